The first-order valence-corrected chi connectivity index (χ1v) is 5.48. The molecule has 0 atom stereocenters. The number of azide groups is 1. The zero-order valence-electron chi connectivity index (χ0n) is 9.71. The lowest BCUT2D eigenvalue weighted by Gasteiger charge is -2.01. The van der Waals surface area contributed by atoms with E-state index in [0.717, 1.165) is 0 Å². The number of nitrogens with zero attached hydrogens (tertiary/aromatic N) is 4. The molecular weight excluding hydrogens is 256 g/mol. The Morgan fingerprint density at radius 2 is 2.50 bits per heavy atom. The molecule has 1 aromatic heterocycles. The van der Waals surface area contributed by atoms with Crippen LogP contribution in [-0.4, -0.2) is 24.6 Å². The molecule has 0 radical (unpaired) electrons. The first-order chi connectivity index (χ1) is 8.69. The average molecular weight is 267 g/mol. The lowest BCUT2D eigenvalue weighted by atomic mass is 10.2. The van der Waals surface area contributed by atoms with Crippen molar-refractivity contribution < 1.29 is 9.53 Å². The fraction of sp³-hybridized carbons (Fsp3) is 0.273. The molecule has 0 aromatic carbocycles. The summed E-state index contributed by atoms with van der Waals surface area (Å²) in [6.07, 6.45) is 5.45. The molecule has 0 saturated heterocycles. The van der Waals surface area contributed by atoms with E-state index in [-0.39, 0.29) is 0 Å². The molecule has 7 heteroatoms. The Hall–Kier alpha value is -2.04. The van der Waals surface area contributed by atoms with Gasteiger partial charge in [0, 0.05) is 23.2 Å². The zero-order chi connectivity index (χ0) is 13.4. The van der Waals surface area contributed by atoms with Crippen LogP contribution in [-0.2, 0) is 4.74 Å². The van der Waals surface area contributed by atoms with Gasteiger partial charge < -0.3 is 4.74 Å². The van der Waals surface area contributed by atoms with Crippen LogP contribution < -0.4 is 0 Å². The number of aromatic nitrogens is 1. The average Bonchev–Trinajstić information content (AvgIpc) is 2.39. The highest BCUT2D eigenvalue weighted by Gasteiger charge is 2.08. The fourth-order valence-corrected chi connectivity index (χ4v) is 1.37. The molecule has 1 rings (SSSR count). The normalized spacial score (nSPS) is 10.1. The molecule has 0 aliphatic carbocycles. The summed E-state index contributed by atoms with van der Waals surface area (Å²) in [5.74, 6) is -0.470. The van der Waals surface area contributed by atoms with Crippen LogP contribution in [0.4, 0.5) is 0 Å². The van der Waals surface area contributed by atoms with Gasteiger partial charge >= 0.3 is 5.97 Å². The van der Waals surface area contributed by atoms with Gasteiger partial charge in [-0.05, 0) is 18.0 Å². The van der Waals surface area contributed by atoms with E-state index in [9.17, 15) is 4.79 Å². The Labute approximate surface area is 109 Å². The SMILES string of the molecule is COC(=O)c1cnc(Cl)c(C=CCCN=[N+]=[N-])c1. The Balaban J connectivity index is 2.80. The Morgan fingerprint density at radius 3 is 3.17 bits per heavy atom. The van der Waals surface area contributed by atoms with Crippen molar-refractivity contribution >= 4 is 23.6 Å². The van der Waals surface area contributed by atoms with Gasteiger partial charge in [0.2, 0.25) is 0 Å². The third-order valence-corrected chi connectivity index (χ3v) is 2.36. The minimum absolute atomic E-state index is 0.294. The molecule has 1 aromatic rings. The van der Waals surface area contributed by atoms with Crippen molar-refractivity contribution in [1.29, 1.82) is 0 Å². The maximum absolute atomic E-state index is 11.3. The molecule has 0 aliphatic heterocycles. The first kappa shape index (κ1) is 14.0. The van der Waals surface area contributed by atoms with Gasteiger partial charge in [-0.25, -0.2) is 9.78 Å². The van der Waals surface area contributed by atoms with E-state index in [4.69, 9.17) is 17.1 Å². The van der Waals surface area contributed by atoms with Crippen LogP contribution in [0.15, 0.2) is 23.5 Å². The van der Waals surface area contributed by atoms with Crippen LogP contribution in [0, 0.1) is 0 Å². The number of carbonyl (C=O) groups is 1. The van der Waals surface area contributed by atoms with Crippen molar-refractivity contribution in [3.8, 4) is 0 Å². The molecule has 94 valence electrons. The van der Waals surface area contributed by atoms with E-state index >= 15 is 0 Å². The van der Waals surface area contributed by atoms with Crippen molar-refractivity contribution in [3.63, 3.8) is 0 Å². The van der Waals surface area contributed by atoms with Crippen LogP contribution in [0.1, 0.15) is 22.3 Å². The highest BCUT2D eigenvalue weighted by Crippen LogP contribution is 2.16. The van der Waals surface area contributed by atoms with Crippen molar-refractivity contribution in [2.24, 2.45) is 5.11 Å². The van der Waals surface area contributed by atoms with Crippen molar-refractivity contribution in [2.45, 2.75) is 6.42 Å². The minimum Gasteiger partial charge on any atom is -0.465 e. The Bertz CT molecular complexity index is 510. The molecule has 0 unspecified atom stereocenters. The van der Waals surface area contributed by atoms with Gasteiger partial charge in [0.25, 0.3) is 0 Å². The maximum Gasteiger partial charge on any atom is 0.339 e. The van der Waals surface area contributed by atoms with E-state index in [2.05, 4.69) is 19.7 Å². The Kier molecular flexibility index (Phi) is 5.70. The number of methoxy groups -OCH3 is 1. The maximum atomic E-state index is 11.3. The lowest BCUT2D eigenvalue weighted by Crippen LogP contribution is -2.02. The third kappa shape index (κ3) is 4.08. The Morgan fingerprint density at radius 1 is 1.72 bits per heavy atom. The van der Waals surface area contributed by atoms with Crippen LogP contribution in [0.2, 0.25) is 5.15 Å². The van der Waals surface area contributed by atoms with E-state index in [0.29, 0.717) is 29.2 Å². The summed E-state index contributed by atoms with van der Waals surface area (Å²) in [5, 5.41) is 3.69. The van der Waals surface area contributed by atoms with Crippen LogP contribution >= 0.6 is 11.6 Å². The second-order valence-electron chi connectivity index (χ2n) is 3.24. The summed E-state index contributed by atoms with van der Waals surface area (Å²) in [4.78, 5) is 17.8. The first-order valence-electron chi connectivity index (χ1n) is 5.10. The van der Waals surface area contributed by atoms with Gasteiger partial charge in [-0.2, -0.15) is 0 Å². The smallest absolute Gasteiger partial charge is 0.339 e. The molecule has 6 nitrogen and oxygen atoms in total. The van der Waals surface area contributed by atoms with Gasteiger partial charge in [-0.1, -0.05) is 28.9 Å². The van der Waals surface area contributed by atoms with Crippen molar-refractivity contribution in [2.75, 3.05) is 13.7 Å². The van der Waals surface area contributed by atoms with E-state index < -0.39 is 5.97 Å². The van der Waals surface area contributed by atoms with Crippen LogP contribution in [0.25, 0.3) is 16.5 Å². The van der Waals surface area contributed by atoms with Gasteiger partial charge in [-0.3, -0.25) is 0 Å². The van der Waals surface area contributed by atoms with E-state index in [1.165, 1.54) is 13.3 Å². The molecule has 18 heavy (non-hydrogen) atoms. The highest BCUT2D eigenvalue weighted by molar-refractivity contribution is 6.30. The lowest BCUT2D eigenvalue weighted by molar-refractivity contribution is 0.0600. The summed E-state index contributed by atoms with van der Waals surface area (Å²) in [7, 11) is 1.30. The molecule has 0 fully saturated rings. The third-order valence-electron chi connectivity index (χ3n) is 2.04. The molecule has 0 N–H and O–H groups in total. The van der Waals surface area contributed by atoms with Gasteiger partial charge in [-0.15, -0.1) is 0 Å². The van der Waals surface area contributed by atoms with E-state index in [1.807, 2.05) is 0 Å². The summed E-state index contributed by atoms with van der Waals surface area (Å²) < 4.78 is 4.59. The van der Waals surface area contributed by atoms with Gasteiger partial charge in [0.1, 0.15) is 5.15 Å². The zero-order valence-corrected chi connectivity index (χ0v) is 10.5. The number of hydrogen-bond donors (Lipinski definition) is 0. The largest absolute Gasteiger partial charge is 0.465 e. The highest BCUT2D eigenvalue weighted by atomic mass is 35.5. The van der Waals surface area contributed by atoms with E-state index in [1.54, 1.807) is 18.2 Å². The summed E-state index contributed by atoms with van der Waals surface area (Å²) in [6.45, 7) is 0.370. The molecule has 0 spiro atoms. The number of hydrogen-bond acceptors (Lipinski definition) is 4. The second kappa shape index (κ2) is 7.32. The number of pyridine rings is 1. The van der Waals surface area contributed by atoms with Crippen LogP contribution in [0.5, 0.6) is 0 Å². The number of esters is 1. The molecule has 0 aliphatic rings. The number of carbonyl (C=O) groups excluding carboxylic acids is 1. The topological polar surface area (TPSA) is 88.0 Å². The summed E-state index contributed by atoms with van der Waals surface area (Å²) in [5.41, 5.74) is 9.04. The monoisotopic (exact) mass is 266 g/mol. The molecule has 1 heterocycles. The summed E-state index contributed by atoms with van der Waals surface area (Å²) >= 11 is 5.89. The molecule has 0 amide bonds. The van der Waals surface area contributed by atoms with Gasteiger partial charge in [0.15, 0.2) is 0 Å². The molecule has 0 saturated carbocycles. The molecule has 0 bridgehead atoms. The number of halogens is 1. The van der Waals surface area contributed by atoms with Crippen LogP contribution in [0.3, 0.4) is 0 Å². The van der Waals surface area contributed by atoms with Gasteiger partial charge in [0.05, 0.1) is 12.7 Å². The summed E-state index contributed by atoms with van der Waals surface area (Å²) in [6, 6.07) is 1.59. The predicted molar refractivity (Wildman–Crippen MR) is 68.3 cm³/mol. The standard InChI is InChI=1S/C11H11ClN4O2/c1-18-11(17)9-6-8(10(12)14-7-9)4-2-3-5-15-16-13/h2,4,6-7H,3,5H2,1H3. The minimum atomic E-state index is -0.470. The van der Waals surface area contributed by atoms with Crippen molar-refractivity contribution in [3.05, 3.63) is 45.1 Å². The quantitative estimate of drug-likeness (QED) is 0.205. The number of rotatable bonds is 5. The predicted octanol–water partition coefficient (Wildman–Crippen LogP) is 3.24. The second-order valence-corrected chi connectivity index (χ2v) is 3.60. The fourth-order valence-electron chi connectivity index (χ4n) is 1.20. The number of ether oxygens (including phenoxy) is 1. The van der Waals surface area contributed by atoms with Crippen molar-refractivity contribution in [1.82, 2.24) is 4.98 Å². The molecular formula is C11H11ClN4O2.